The number of nitrogens with one attached hydrogen (secondary N) is 1. The average molecular weight is 339 g/mol. The number of fused-ring (bicyclic) bond motifs is 1. The van der Waals surface area contributed by atoms with E-state index in [1.54, 1.807) is 12.1 Å². The van der Waals surface area contributed by atoms with E-state index in [1.165, 1.54) is 12.1 Å². The summed E-state index contributed by atoms with van der Waals surface area (Å²) in [6, 6.07) is 13.5. The van der Waals surface area contributed by atoms with E-state index >= 15 is 0 Å². The third-order valence-electron chi connectivity index (χ3n) is 4.33. The van der Waals surface area contributed by atoms with Crippen molar-refractivity contribution in [3.05, 3.63) is 60.2 Å². The molecule has 0 radical (unpaired) electrons. The summed E-state index contributed by atoms with van der Waals surface area (Å²) in [7, 11) is 0. The van der Waals surface area contributed by atoms with Crippen LogP contribution in [0.1, 0.15) is 24.8 Å². The van der Waals surface area contributed by atoms with E-state index in [0.717, 1.165) is 36.3 Å². The smallest absolute Gasteiger partial charge is 0.244 e. The van der Waals surface area contributed by atoms with Crippen LogP contribution in [0.5, 0.6) is 0 Å². The number of carbonyl (C=O) groups excluding carboxylic acids is 1. The topological polar surface area (TPSA) is 56.2 Å². The minimum Gasteiger partial charge on any atom is -0.370 e. The second-order valence-corrected chi connectivity index (χ2v) is 6.10. The Kier molecular flexibility index (Phi) is 4.19. The summed E-state index contributed by atoms with van der Waals surface area (Å²) < 4.78 is 20.7. The van der Waals surface area contributed by atoms with Gasteiger partial charge in [-0.2, -0.15) is 0 Å². The van der Waals surface area contributed by atoms with Gasteiger partial charge in [0.05, 0.1) is 11.0 Å². The number of anilines is 1. The predicted octanol–water partition coefficient (Wildman–Crippen LogP) is 3.67. The van der Waals surface area contributed by atoms with Crippen LogP contribution in [0.15, 0.2) is 48.5 Å². The van der Waals surface area contributed by atoms with Crippen molar-refractivity contribution < 1.29 is 13.9 Å². The summed E-state index contributed by atoms with van der Waals surface area (Å²) in [5.41, 5.74) is 2.32. The molecule has 1 aliphatic heterocycles. The summed E-state index contributed by atoms with van der Waals surface area (Å²) in [5.74, 6) is 0.265. The molecule has 3 aromatic rings. The van der Waals surface area contributed by atoms with Crippen molar-refractivity contribution in [3.63, 3.8) is 0 Å². The van der Waals surface area contributed by atoms with Gasteiger partial charge in [0, 0.05) is 12.3 Å². The third kappa shape index (κ3) is 3.25. The summed E-state index contributed by atoms with van der Waals surface area (Å²) in [5, 5.41) is 2.79. The molecule has 2 aromatic carbocycles. The second kappa shape index (κ2) is 6.64. The number of amides is 1. The molecular weight excluding hydrogens is 321 g/mol. The molecule has 128 valence electrons. The molecule has 2 heterocycles. The van der Waals surface area contributed by atoms with Gasteiger partial charge in [0.1, 0.15) is 24.3 Å². The lowest BCUT2D eigenvalue weighted by Crippen LogP contribution is -2.21. The van der Waals surface area contributed by atoms with E-state index in [9.17, 15) is 9.18 Å². The van der Waals surface area contributed by atoms with E-state index in [1.807, 2.05) is 28.8 Å². The van der Waals surface area contributed by atoms with Gasteiger partial charge in [-0.3, -0.25) is 4.79 Å². The highest BCUT2D eigenvalue weighted by molar-refractivity contribution is 5.91. The lowest BCUT2D eigenvalue weighted by molar-refractivity contribution is -0.116. The molecule has 0 aliphatic carbocycles. The van der Waals surface area contributed by atoms with Crippen LogP contribution in [0.3, 0.4) is 0 Å². The Morgan fingerprint density at radius 2 is 2.04 bits per heavy atom. The minimum absolute atomic E-state index is 0.0778. The lowest BCUT2D eigenvalue weighted by atomic mass is 10.2. The first-order chi connectivity index (χ1) is 12.2. The van der Waals surface area contributed by atoms with Crippen molar-refractivity contribution in [2.75, 3.05) is 11.9 Å². The predicted molar refractivity (Wildman–Crippen MR) is 92.7 cm³/mol. The molecule has 0 spiro atoms. The molecule has 1 fully saturated rings. The maximum atomic E-state index is 13.0. The summed E-state index contributed by atoms with van der Waals surface area (Å²) >= 11 is 0. The molecule has 1 saturated heterocycles. The zero-order chi connectivity index (χ0) is 17.2. The number of benzene rings is 2. The number of hydrogen-bond donors (Lipinski definition) is 1. The summed E-state index contributed by atoms with van der Waals surface area (Å²) in [4.78, 5) is 17.2. The first-order valence-corrected chi connectivity index (χ1v) is 8.33. The first kappa shape index (κ1) is 15.8. The van der Waals surface area contributed by atoms with E-state index < -0.39 is 0 Å². The Bertz CT molecular complexity index is 899. The van der Waals surface area contributed by atoms with Crippen LogP contribution in [0.2, 0.25) is 0 Å². The Morgan fingerprint density at radius 3 is 2.80 bits per heavy atom. The fourth-order valence-corrected chi connectivity index (χ4v) is 3.16. The molecule has 4 rings (SSSR count). The molecule has 25 heavy (non-hydrogen) atoms. The summed E-state index contributed by atoms with van der Waals surface area (Å²) in [6.07, 6.45) is 1.82. The molecule has 0 saturated carbocycles. The van der Waals surface area contributed by atoms with Gasteiger partial charge >= 0.3 is 0 Å². The molecule has 1 amide bonds. The number of ether oxygens (including phenoxy) is 1. The van der Waals surface area contributed by atoms with Gasteiger partial charge in [-0.05, 0) is 49.2 Å². The molecule has 1 aliphatic rings. The Balaban J connectivity index is 1.62. The lowest BCUT2D eigenvalue weighted by Gasteiger charge is -2.13. The Hall–Kier alpha value is -2.73. The van der Waals surface area contributed by atoms with Crippen LogP contribution in [-0.4, -0.2) is 22.1 Å². The van der Waals surface area contributed by atoms with Crippen LogP contribution < -0.4 is 5.32 Å². The standard InChI is InChI=1S/C19H18FN3O2/c20-13-7-9-14(10-8-13)21-18(24)12-23-16-5-2-1-4-15(16)22-19(23)17-6-3-11-25-17/h1-2,4-5,7-10,17H,3,6,11-12H2,(H,21,24). The van der Waals surface area contributed by atoms with Crippen LogP contribution in [0.4, 0.5) is 10.1 Å². The number of rotatable bonds is 4. The molecule has 1 aromatic heterocycles. The number of carbonyl (C=O) groups is 1. The molecule has 1 atom stereocenters. The molecule has 1 N–H and O–H groups in total. The molecule has 5 nitrogen and oxygen atoms in total. The number of nitrogens with zero attached hydrogens (tertiary/aromatic N) is 2. The molecule has 6 heteroatoms. The summed E-state index contributed by atoms with van der Waals surface area (Å²) in [6.45, 7) is 0.850. The SMILES string of the molecule is O=C(Cn1c(C2CCCO2)nc2ccccc21)Nc1ccc(F)cc1. The molecule has 0 bridgehead atoms. The number of hydrogen-bond acceptors (Lipinski definition) is 3. The maximum Gasteiger partial charge on any atom is 0.244 e. The average Bonchev–Trinajstić information content (AvgIpc) is 3.25. The maximum absolute atomic E-state index is 13.0. The highest BCUT2D eigenvalue weighted by Gasteiger charge is 2.25. The van der Waals surface area contributed by atoms with E-state index in [4.69, 9.17) is 4.74 Å². The van der Waals surface area contributed by atoms with Crippen molar-refractivity contribution >= 4 is 22.6 Å². The number of halogens is 1. The monoisotopic (exact) mass is 339 g/mol. The van der Waals surface area contributed by atoms with Gasteiger partial charge in [-0.1, -0.05) is 12.1 Å². The van der Waals surface area contributed by atoms with E-state index in [0.29, 0.717) is 5.69 Å². The normalized spacial score (nSPS) is 17.1. The number of para-hydroxylation sites is 2. The number of imidazole rings is 1. The second-order valence-electron chi connectivity index (χ2n) is 6.10. The largest absolute Gasteiger partial charge is 0.370 e. The van der Waals surface area contributed by atoms with Crippen LogP contribution >= 0.6 is 0 Å². The Morgan fingerprint density at radius 1 is 1.24 bits per heavy atom. The van der Waals surface area contributed by atoms with Crippen molar-refractivity contribution in [1.82, 2.24) is 9.55 Å². The van der Waals surface area contributed by atoms with Gasteiger partial charge in [-0.15, -0.1) is 0 Å². The number of aromatic nitrogens is 2. The van der Waals surface area contributed by atoms with Gasteiger partial charge in [-0.25, -0.2) is 9.37 Å². The minimum atomic E-state index is -0.334. The highest BCUT2D eigenvalue weighted by Crippen LogP contribution is 2.30. The fourth-order valence-electron chi connectivity index (χ4n) is 3.16. The first-order valence-electron chi connectivity index (χ1n) is 8.33. The highest BCUT2D eigenvalue weighted by atomic mass is 19.1. The van der Waals surface area contributed by atoms with Crippen molar-refractivity contribution in [1.29, 1.82) is 0 Å². The van der Waals surface area contributed by atoms with Gasteiger partial charge < -0.3 is 14.6 Å². The van der Waals surface area contributed by atoms with Gasteiger partial charge in [0.2, 0.25) is 5.91 Å². The Labute approximate surface area is 144 Å². The quantitative estimate of drug-likeness (QED) is 0.789. The van der Waals surface area contributed by atoms with E-state index in [2.05, 4.69) is 10.3 Å². The van der Waals surface area contributed by atoms with Crippen LogP contribution in [0.25, 0.3) is 11.0 Å². The van der Waals surface area contributed by atoms with Crippen LogP contribution in [-0.2, 0) is 16.1 Å². The molecular formula is C19H18FN3O2. The van der Waals surface area contributed by atoms with E-state index in [-0.39, 0.29) is 24.4 Å². The molecule has 1 unspecified atom stereocenters. The fraction of sp³-hybridized carbons (Fsp3) is 0.263. The van der Waals surface area contributed by atoms with Crippen molar-refractivity contribution in [3.8, 4) is 0 Å². The van der Waals surface area contributed by atoms with Gasteiger partial charge in [0.15, 0.2) is 0 Å². The van der Waals surface area contributed by atoms with Crippen molar-refractivity contribution in [2.24, 2.45) is 0 Å². The zero-order valence-electron chi connectivity index (χ0n) is 13.6. The van der Waals surface area contributed by atoms with Gasteiger partial charge in [0.25, 0.3) is 0 Å². The zero-order valence-corrected chi connectivity index (χ0v) is 13.6. The van der Waals surface area contributed by atoms with Crippen LogP contribution in [0, 0.1) is 5.82 Å². The van der Waals surface area contributed by atoms with Crippen molar-refractivity contribution in [2.45, 2.75) is 25.5 Å². The third-order valence-corrected chi connectivity index (χ3v) is 4.33.